The van der Waals surface area contributed by atoms with Crippen LogP contribution in [0.3, 0.4) is 0 Å². The van der Waals surface area contributed by atoms with Crippen LogP contribution >= 0.6 is 0 Å². The number of aliphatic hydroxyl groups is 3. The van der Waals surface area contributed by atoms with Gasteiger partial charge in [-0.1, -0.05) is 18.2 Å². The number of hydrogen-bond acceptors (Lipinski definition) is 9. The summed E-state index contributed by atoms with van der Waals surface area (Å²) < 4.78 is 0. The number of fused-ring (bicyclic) bond motifs is 3. The Labute approximate surface area is 229 Å². The molecule has 2 aromatic rings. The molecule has 3 aliphatic carbocycles. The lowest BCUT2D eigenvalue weighted by atomic mass is 9.58. The number of phenolic OH excluding ortho intramolecular Hbond substituents is 1. The van der Waals surface area contributed by atoms with Gasteiger partial charge in [0.05, 0.1) is 11.6 Å². The van der Waals surface area contributed by atoms with Crippen molar-refractivity contribution < 1.29 is 39.6 Å². The zero-order chi connectivity index (χ0) is 29.3. The molecule has 0 saturated carbocycles. The standard InChI is InChI=1S/C29H29N3O8/c1-12(33)31-15-6-4-5-13(9-15)16-7-8-19(34)21-17(16)10-14-11-18-23(32(2)3)25(36)22(28(30)39)27(38)29(18,40)26(37)20(14)24(21)35/h4-9,14,18,23,34,36-37,40H,10-11H2,1-3H3,(H2,30,39)(H,31,33)/t14-,18-,23-,29-/m0/s1. The highest BCUT2D eigenvalue weighted by Gasteiger charge is 2.63. The van der Waals surface area contributed by atoms with Gasteiger partial charge in [0.2, 0.25) is 11.7 Å². The summed E-state index contributed by atoms with van der Waals surface area (Å²) >= 11 is 0. The van der Waals surface area contributed by atoms with E-state index in [4.69, 9.17) is 5.73 Å². The molecule has 11 heteroatoms. The van der Waals surface area contributed by atoms with E-state index in [-0.39, 0.29) is 35.6 Å². The molecule has 0 spiro atoms. The van der Waals surface area contributed by atoms with E-state index in [0.29, 0.717) is 22.4 Å². The number of amides is 2. The number of nitrogens with one attached hydrogen (secondary N) is 1. The number of carbonyl (C=O) groups excluding carboxylic acids is 4. The number of anilines is 1. The predicted molar refractivity (Wildman–Crippen MR) is 143 cm³/mol. The quantitative estimate of drug-likeness (QED) is 0.310. The molecule has 0 radical (unpaired) electrons. The molecule has 5 rings (SSSR count). The van der Waals surface area contributed by atoms with Crippen molar-refractivity contribution in [3.05, 3.63) is 70.2 Å². The van der Waals surface area contributed by atoms with Gasteiger partial charge < -0.3 is 31.5 Å². The first-order chi connectivity index (χ1) is 18.8. The van der Waals surface area contributed by atoms with Crippen LogP contribution < -0.4 is 11.1 Å². The molecule has 0 bridgehead atoms. The Morgan fingerprint density at radius 2 is 1.80 bits per heavy atom. The molecular formula is C29H29N3O8. The SMILES string of the molecule is CC(=O)Nc1cccc(-c2ccc(O)c3c2C[C@H]2C[C@H]4[C@H](N(C)C)C(O)=C(C(N)=O)C(=O)[C@@]4(O)C(O)=C2C3=O)c1. The topological polar surface area (TPSA) is 190 Å². The Morgan fingerprint density at radius 3 is 2.42 bits per heavy atom. The third-order valence-electron chi connectivity index (χ3n) is 8.10. The minimum Gasteiger partial charge on any atom is -0.510 e. The molecule has 0 fully saturated rings. The van der Waals surface area contributed by atoms with Crippen LogP contribution in [0.15, 0.2) is 59.1 Å². The fourth-order valence-electron chi connectivity index (χ4n) is 6.49. The van der Waals surface area contributed by atoms with Crippen molar-refractivity contribution in [3.8, 4) is 16.9 Å². The summed E-state index contributed by atoms with van der Waals surface area (Å²) in [5, 5.41) is 47.4. The molecular weight excluding hydrogens is 518 g/mol. The molecule has 208 valence electrons. The van der Waals surface area contributed by atoms with Crippen LogP contribution in [0.25, 0.3) is 11.1 Å². The Hall–Kier alpha value is -4.48. The number of aromatic hydroxyl groups is 1. The number of likely N-dealkylation sites (N-methyl/N-ethyl adjacent to an activating group) is 1. The predicted octanol–water partition coefficient (Wildman–Crippen LogP) is 1.75. The average Bonchev–Trinajstić information content (AvgIpc) is 2.85. The zero-order valence-corrected chi connectivity index (χ0v) is 22.1. The van der Waals surface area contributed by atoms with Crippen LogP contribution in [0.5, 0.6) is 5.75 Å². The molecule has 11 nitrogen and oxygen atoms in total. The minimum atomic E-state index is -2.69. The third kappa shape index (κ3) is 3.81. The number of benzene rings is 2. The molecule has 0 heterocycles. The summed E-state index contributed by atoms with van der Waals surface area (Å²) in [7, 11) is 3.15. The largest absolute Gasteiger partial charge is 0.510 e. The lowest BCUT2D eigenvalue weighted by Gasteiger charge is -2.50. The summed E-state index contributed by atoms with van der Waals surface area (Å²) in [6.07, 6.45) is 0.148. The Balaban J connectivity index is 1.69. The number of allylic oxidation sites excluding steroid dienone is 1. The van der Waals surface area contributed by atoms with E-state index < -0.39 is 58.0 Å². The third-order valence-corrected chi connectivity index (χ3v) is 8.10. The second-order valence-corrected chi connectivity index (χ2v) is 10.7. The fraction of sp³-hybridized carbons (Fsp3) is 0.310. The molecule has 0 unspecified atom stereocenters. The van der Waals surface area contributed by atoms with Crippen molar-refractivity contribution in [3.63, 3.8) is 0 Å². The molecule has 2 amide bonds. The lowest BCUT2D eigenvalue weighted by molar-refractivity contribution is -0.148. The highest BCUT2D eigenvalue weighted by molar-refractivity contribution is 6.25. The normalized spacial score (nSPS) is 25.9. The van der Waals surface area contributed by atoms with Crippen molar-refractivity contribution in [2.45, 2.75) is 31.4 Å². The van der Waals surface area contributed by atoms with Crippen LogP contribution in [0.1, 0.15) is 29.3 Å². The molecule has 2 aromatic carbocycles. The number of phenols is 1. The number of nitrogens with zero attached hydrogens (tertiary/aromatic N) is 1. The number of aliphatic hydroxyl groups excluding tert-OH is 2. The number of nitrogens with two attached hydrogens (primary N) is 1. The van der Waals surface area contributed by atoms with Gasteiger partial charge in [0.15, 0.2) is 11.4 Å². The number of carbonyl (C=O) groups is 4. The Morgan fingerprint density at radius 1 is 1.10 bits per heavy atom. The van der Waals surface area contributed by atoms with Gasteiger partial charge in [-0.05, 0) is 67.7 Å². The van der Waals surface area contributed by atoms with Crippen LogP contribution in [0.4, 0.5) is 5.69 Å². The summed E-state index contributed by atoms with van der Waals surface area (Å²) in [5.41, 5.74) is 3.85. The second kappa shape index (κ2) is 9.32. The Bertz CT molecular complexity index is 1570. The van der Waals surface area contributed by atoms with Gasteiger partial charge >= 0.3 is 0 Å². The van der Waals surface area contributed by atoms with Gasteiger partial charge in [-0.25, -0.2) is 0 Å². The number of rotatable bonds is 4. The van der Waals surface area contributed by atoms with Gasteiger partial charge in [-0.15, -0.1) is 0 Å². The molecule has 7 N–H and O–H groups in total. The maximum Gasteiger partial charge on any atom is 0.255 e. The van der Waals surface area contributed by atoms with Gasteiger partial charge in [0, 0.05) is 24.1 Å². The van der Waals surface area contributed by atoms with E-state index >= 15 is 0 Å². The number of primary amides is 1. The van der Waals surface area contributed by atoms with Crippen molar-refractivity contribution in [2.24, 2.45) is 17.6 Å². The highest BCUT2D eigenvalue weighted by atomic mass is 16.3. The van der Waals surface area contributed by atoms with E-state index in [1.807, 2.05) is 0 Å². The fourth-order valence-corrected chi connectivity index (χ4v) is 6.49. The summed E-state index contributed by atoms with van der Waals surface area (Å²) in [6.45, 7) is 1.38. The van der Waals surface area contributed by atoms with Crippen LogP contribution in [-0.2, 0) is 20.8 Å². The van der Waals surface area contributed by atoms with Gasteiger partial charge in [-0.3, -0.25) is 24.1 Å². The first-order valence-electron chi connectivity index (χ1n) is 12.7. The first-order valence-corrected chi connectivity index (χ1v) is 12.7. The van der Waals surface area contributed by atoms with Crippen molar-refractivity contribution in [2.75, 3.05) is 19.4 Å². The maximum absolute atomic E-state index is 13.9. The van der Waals surface area contributed by atoms with E-state index in [1.165, 1.54) is 17.9 Å². The Kier molecular flexibility index (Phi) is 6.31. The van der Waals surface area contributed by atoms with Crippen LogP contribution in [0, 0.1) is 11.8 Å². The van der Waals surface area contributed by atoms with Crippen molar-refractivity contribution >= 4 is 29.1 Å². The van der Waals surface area contributed by atoms with E-state index in [1.54, 1.807) is 44.4 Å². The number of ketones is 2. The smallest absolute Gasteiger partial charge is 0.255 e. The van der Waals surface area contributed by atoms with Crippen molar-refractivity contribution in [1.29, 1.82) is 0 Å². The second-order valence-electron chi connectivity index (χ2n) is 10.7. The molecule has 0 aliphatic heterocycles. The maximum atomic E-state index is 13.9. The summed E-state index contributed by atoms with van der Waals surface area (Å²) in [6, 6.07) is 8.91. The first kappa shape index (κ1) is 27.1. The molecule has 4 atom stereocenters. The van der Waals surface area contributed by atoms with E-state index in [2.05, 4.69) is 5.32 Å². The highest BCUT2D eigenvalue weighted by Crippen LogP contribution is 2.53. The average molecular weight is 548 g/mol. The van der Waals surface area contributed by atoms with Crippen molar-refractivity contribution in [1.82, 2.24) is 4.90 Å². The summed E-state index contributed by atoms with van der Waals surface area (Å²) in [4.78, 5) is 52.4. The van der Waals surface area contributed by atoms with Gasteiger partial charge in [0.1, 0.15) is 22.8 Å². The monoisotopic (exact) mass is 547 g/mol. The van der Waals surface area contributed by atoms with E-state index in [9.17, 15) is 39.6 Å². The molecule has 0 saturated heterocycles. The van der Waals surface area contributed by atoms with Gasteiger partial charge in [-0.2, -0.15) is 0 Å². The summed E-state index contributed by atoms with van der Waals surface area (Å²) in [5.74, 6) is -7.25. The molecule has 0 aromatic heterocycles. The number of Topliss-reactive ketones (excluding diaryl/α,β-unsaturated/α-hetero) is 2. The number of hydrogen-bond donors (Lipinski definition) is 6. The lowest BCUT2D eigenvalue weighted by Crippen LogP contribution is -2.63. The zero-order valence-electron chi connectivity index (χ0n) is 22.1. The van der Waals surface area contributed by atoms with Gasteiger partial charge in [0.25, 0.3) is 5.91 Å². The molecule has 3 aliphatic rings. The van der Waals surface area contributed by atoms with Crippen LogP contribution in [0.2, 0.25) is 0 Å². The molecule has 40 heavy (non-hydrogen) atoms. The van der Waals surface area contributed by atoms with Crippen LogP contribution in [-0.4, -0.2) is 74.4 Å². The minimum absolute atomic E-state index is 0.00715. The van der Waals surface area contributed by atoms with E-state index in [0.717, 1.165) is 0 Å².